The highest BCUT2D eigenvalue weighted by Crippen LogP contribution is 2.19. The second kappa shape index (κ2) is 6.46. The number of carbonyl (C=O) groups is 1. The largest absolute Gasteiger partial charge is 0.353 e. The van der Waals surface area contributed by atoms with Gasteiger partial charge in [-0.25, -0.2) is 8.42 Å². The van der Waals surface area contributed by atoms with E-state index >= 15 is 0 Å². The molecule has 2 N–H and O–H groups in total. The van der Waals surface area contributed by atoms with Crippen molar-refractivity contribution in [3.8, 4) is 0 Å². The van der Waals surface area contributed by atoms with Crippen molar-refractivity contribution in [2.45, 2.75) is 37.8 Å². The van der Waals surface area contributed by atoms with E-state index < -0.39 is 16.1 Å². The Morgan fingerprint density at radius 2 is 1.64 bits per heavy atom. The first kappa shape index (κ1) is 16.5. The van der Waals surface area contributed by atoms with Crippen LogP contribution < -0.4 is 10.0 Å². The van der Waals surface area contributed by atoms with E-state index in [1.807, 2.05) is 38.1 Å². The van der Waals surface area contributed by atoms with Gasteiger partial charge in [-0.15, -0.1) is 0 Å². The Balaban J connectivity index is 2.23. The maximum absolute atomic E-state index is 12.4. The molecule has 0 heterocycles. The van der Waals surface area contributed by atoms with E-state index in [-0.39, 0.29) is 16.8 Å². The van der Waals surface area contributed by atoms with Crippen LogP contribution in [0.15, 0.2) is 47.4 Å². The molecule has 0 bridgehead atoms. The molecule has 0 radical (unpaired) electrons. The highest BCUT2D eigenvalue weighted by Gasteiger charge is 2.22. The van der Waals surface area contributed by atoms with Crippen molar-refractivity contribution in [2.24, 2.45) is 0 Å². The molecule has 22 heavy (non-hydrogen) atoms. The minimum absolute atomic E-state index is 0.0416. The van der Waals surface area contributed by atoms with Gasteiger partial charge >= 0.3 is 0 Å². The molecular formula is C16H20N2O3S. The van der Waals surface area contributed by atoms with Crippen molar-refractivity contribution in [1.82, 2.24) is 10.0 Å². The van der Waals surface area contributed by atoms with Crippen LogP contribution in [0.25, 0.3) is 10.8 Å². The highest BCUT2D eigenvalue weighted by molar-refractivity contribution is 7.89. The van der Waals surface area contributed by atoms with Crippen molar-refractivity contribution in [3.63, 3.8) is 0 Å². The molecule has 0 saturated heterocycles. The van der Waals surface area contributed by atoms with Gasteiger partial charge in [0.15, 0.2) is 0 Å². The predicted molar refractivity (Wildman–Crippen MR) is 87.0 cm³/mol. The molecule has 5 nitrogen and oxygen atoms in total. The Morgan fingerprint density at radius 3 is 2.27 bits per heavy atom. The number of hydrogen-bond acceptors (Lipinski definition) is 3. The summed E-state index contributed by atoms with van der Waals surface area (Å²) in [5.41, 5.74) is 0. The summed E-state index contributed by atoms with van der Waals surface area (Å²) in [6.45, 7) is 5.17. The minimum atomic E-state index is -3.74. The molecule has 0 aliphatic carbocycles. The summed E-state index contributed by atoms with van der Waals surface area (Å²) >= 11 is 0. The number of benzene rings is 2. The van der Waals surface area contributed by atoms with Gasteiger partial charge in [0.1, 0.15) is 0 Å². The highest BCUT2D eigenvalue weighted by atomic mass is 32.2. The lowest BCUT2D eigenvalue weighted by atomic mass is 10.1. The summed E-state index contributed by atoms with van der Waals surface area (Å²) in [4.78, 5) is 12.0. The van der Waals surface area contributed by atoms with E-state index in [9.17, 15) is 13.2 Å². The zero-order valence-corrected chi connectivity index (χ0v) is 13.6. The molecule has 0 unspecified atom stereocenters. The van der Waals surface area contributed by atoms with Crippen molar-refractivity contribution in [3.05, 3.63) is 42.5 Å². The van der Waals surface area contributed by atoms with Crippen LogP contribution in [0.4, 0.5) is 0 Å². The number of nitrogens with one attached hydrogen (secondary N) is 2. The smallest absolute Gasteiger partial charge is 0.241 e. The SMILES string of the molecule is CC(C)NC(=O)[C@H](C)NS(=O)(=O)c1ccc2ccccc2c1. The number of sulfonamides is 1. The van der Waals surface area contributed by atoms with Crippen LogP contribution in [0.5, 0.6) is 0 Å². The number of hydrogen-bond donors (Lipinski definition) is 2. The third kappa shape index (κ3) is 3.84. The van der Waals surface area contributed by atoms with Gasteiger partial charge < -0.3 is 5.32 Å². The topological polar surface area (TPSA) is 75.3 Å². The second-order valence-electron chi connectivity index (χ2n) is 5.52. The van der Waals surface area contributed by atoms with E-state index in [0.717, 1.165) is 10.8 Å². The summed E-state index contributed by atoms with van der Waals surface area (Å²) in [6, 6.07) is 11.5. The molecular weight excluding hydrogens is 300 g/mol. The van der Waals surface area contributed by atoms with E-state index in [2.05, 4.69) is 10.0 Å². The molecule has 1 atom stereocenters. The van der Waals surface area contributed by atoms with Gasteiger partial charge in [-0.2, -0.15) is 4.72 Å². The lowest BCUT2D eigenvalue weighted by Gasteiger charge is -2.16. The zero-order chi connectivity index (χ0) is 16.3. The molecule has 0 aromatic heterocycles. The Labute approximate surface area is 130 Å². The molecule has 2 aromatic carbocycles. The summed E-state index contributed by atoms with van der Waals surface area (Å²) in [5.74, 6) is -0.348. The first-order chi connectivity index (χ1) is 10.3. The first-order valence-electron chi connectivity index (χ1n) is 7.11. The van der Waals surface area contributed by atoms with Crippen LogP contribution in [-0.4, -0.2) is 26.4 Å². The molecule has 118 valence electrons. The van der Waals surface area contributed by atoms with E-state index in [1.54, 1.807) is 12.1 Å². The molecule has 1 amide bonds. The van der Waals surface area contributed by atoms with Crippen LogP contribution >= 0.6 is 0 Å². The van der Waals surface area contributed by atoms with Crippen LogP contribution in [0.2, 0.25) is 0 Å². The van der Waals surface area contributed by atoms with Crippen LogP contribution in [0, 0.1) is 0 Å². The second-order valence-corrected chi connectivity index (χ2v) is 7.23. The van der Waals surface area contributed by atoms with E-state index in [0.29, 0.717) is 0 Å². The molecule has 2 aromatic rings. The monoisotopic (exact) mass is 320 g/mol. The fourth-order valence-corrected chi connectivity index (χ4v) is 3.34. The minimum Gasteiger partial charge on any atom is -0.353 e. The molecule has 0 aliphatic heterocycles. The lowest BCUT2D eigenvalue weighted by Crippen LogP contribution is -2.46. The molecule has 0 saturated carbocycles. The van der Waals surface area contributed by atoms with Gasteiger partial charge in [-0.05, 0) is 43.7 Å². The standard InChI is InChI=1S/C16H20N2O3S/c1-11(2)17-16(19)12(3)18-22(20,21)15-9-8-13-6-4-5-7-14(13)10-15/h4-12,18H,1-3H3,(H,17,19)/t12-/m0/s1. The summed E-state index contributed by atoms with van der Waals surface area (Å²) in [6.07, 6.45) is 0. The normalized spacial score (nSPS) is 13.3. The number of amides is 1. The van der Waals surface area contributed by atoms with E-state index in [4.69, 9.17) is 0 Å². The summed E-state index contributed by atoms with van der Waals surface area (Å²) in [5, 5.41) is 4.48. The van der Waals surface area contributed by atoms with Gasteiger partial charge in [0.25, 0.3) is 0 Å². The maximum Gasteiger partial charge on any atom is 0.241 e. The van der Waals surface area contributed by atoms with E-state index in [1.165, 1.54) is 13.0 Å². The quantitative estimate of drug-likeness (QED) is 0.885. The van der Waals surface area contributed by atoms with Crippen molar-refractivity contribution >= 4 is 26.7 Å². The molecule has 0 aliphatic rings. The summed E-state index contributed by atoms with van der Waals surface area (Å²) < 4.78 is 27.2. The Morgan fingerprint density at radius 1 is 1.00 bits per heavy atom. The molecule has 2 rings (SSSR count). The van der Waals surface area contributed by atoms with Gasteiger partial charge in [0, 0.05) is 6.04 Å². The number of fused-ring (bicyclic) bond motifs is 1. The van der Waals surface area contributed by atoms with Gasteiger partial charge in [0.05, 0.1) is 10.9 Å². The number of rotatable bonds is 5. The Hall–Kier alpha value is -1.92. The van der Waals surface area contributed by atoms with Crippen molar-refractivity contribution < 1.29 is 13.2 Å². The first-order valence-corrected chi connectivity index (χ1v) is 8.59. The third-order valence-electron chi connectivity index (χ3n) is 3.19. The molecule has 6 heteroatoms. The van der Waals surface area contributed by atoms with Gasteiger partial charge in [0.2, 0.25) is 15.9 Å². The van der Waals surface area contributed by atoms with Crippen molar-refractivity contribution in [1.29, 1.82) is 0 Å². The Bertz CT molecular complexity index is 785. The molecule has 0 fully saturated rings. The average Bonchev–Trinajstić information content (AvgIpc) is 2.45. The predicted octanol–water partition coefficient (Wildman–Crippen LogP) is 2.03. The van der Waals surface area contributed by atoms with Gasteiger partial charge in [-0.1, -0.05) is 30.3 Å². The lowest BCUT2D eigenvalue weighted by molar-refractivity contribution is -0.122. The third-order valence-corrected chi connectivity index (χ3v) is 4.73. The summed E-state index contributed by atoms with van der Waals surface area (Å²) in [7, 11) is -3.74. The van der Waals surface area contributed by atoms with Crippen LogP contribution in [0.1, 0.15) is 20.8 Å². The van der Waals surface area contributed by atoms with Crippen LogP contribution in [-0.2, 0) is 14.8 Å². The van der Waals surface area contributed by atoms with Gasteiger partial charge in [-0.3, -0.25) is 4.79 Å². The average molecular weight is 320 g/mol. The van der Waals surface area contributed by atoms with Crippen LogP contribution in [0.3, 0.4) is 0 Å². The van der Waals surface area contributed by atoms with Crippen molar-refractivity contribution in [2.75, 3.05) is 0 Å². The molecule has 0 spiro atoms. The zero-order valence-electron chi connectivity index (χ0n) is 12.8. The number of carbonyl (C=O) groups excluding carboxylic acids is 1. The fourth-order valence-electron chi connectivity index (χ4n) is 2.10. The Kier molecular flexibility index (Phi) is 4.83. The fraction of sp³-hybridized carbons (Fsp3) is 0.312. The maximum atomic E-state index is 12.4.